The highest BCUT2D eigenvalue weighted by molar-refractivity contribution is 5.84. The number of hydrogen-bond acceptors (Lipinski definition) is 3. The number of likely N-dealkylation sites (tertiary alicyclic amines) is 1. The zero-order valence-corrected chi connectivity index (χ0v) is 11.3. The molecule has 2 saturated heterocycles. The van der Waals surface area contributed by atoms with Gasteiger partial charge in [0.25, 0.3) is 0 Å². The maximum Gasteiger partial charge on any atom is 0.231 e. The minimum absolute atomic E-state index is 0.0903. The first-order valence-electron chi connectivity index (χ1n) is 7.25. The molecule has 0 spiro atoms. The van der Waals surface area contributed by atoms with Crippen molar-refractivity contribution in [1.29, 1.82) is 0 Å². The highest BCUT2D eigenvalue weighted by Gasteiger charge is 2.50. The molecule has 0 aromatic heterocycles. The van der Waals surface area contributed by atoms with Crippen LogP contribution in [0.1, 0.15) is 39.0 Å². The summed E-state index contributed by atoms with van der Waals surface area (Å²) in [5.74, 6) is 0.197. The molecule has 3 aliphatic rings. The number of hydrogen-bond donors (Lipinski definition) is 1. The molecule has 1 amide bonds. The van der Waals surface area contributed by atoms with E-state index in [-0.39, 0.29) is 16.9 Å². The molecule has 0 aromatic carbocycles. The fourth-order valence-electron chi connectivity index (χ4n) is 2.95. The summed E-state index contributed by atoms with van der Waals surface area (Å²) in [4.78, 5) is 14.8. The Morgan fingerprint density at radius 2 is 1.89 bits per heavy atom. The Kier molecular flexibility index (Phi) is 3.10. The Morgan fingerprint density at radius 3 is 2.39 bits per heavy atom. The van der Waals surface area contributed by atoms with E-state index in [1.54, 1.807) is 0 Å². The largest absolute Gasteiger partial charge is 0.379 e. The van der Waals surface area contributed by atoms with Crippen LogP contribution in [-0.2, 0) is 9.53 Å². The highest BCUT2D eigenvalue weighted by Crippen LogP contribution is 2.38. The summed E-state index contributed by atoms with van der Waals surface area (Å²) < 4.78 is 5.17. The summed E-state index contributed by atoms with van der Waals surface area (Å²) in [6, 6.07) is 0. The van der Waals surface area contributed by atoms with Gasteiger partial charge in [-0.15, -0.1) is 0 Å². The van der Waals surface area contributed by atoms with Gasteiger partial charge in [0.2, 0.25) is 5.91 Å². The minimum Gasteiger partial charge on any atom is -0.379 e. The number of rotatable bonds is 4. The van der Waals surface area contributed by atoms with E-state index < -0.39 is 0 Å². The van der Waals surface area contributed by atoms with Gasteiger partial charge in [0, 0.05) is 6.54 Å². The van der Waals surface area contributed by atoms with E-state index in [2.05, 4.69) is 10.2 Å². The molecule has 0 radical (unpaired) electrons. The molecule has 2 aliphatic heterocycles. The highest BCUT2D eigenvalue weighted by atomic mass is 16.5. The van der Waals surface area contributed by atoms with Gasteiger partial charge in [-0.25, -0.2) is 0 Å². The second-order valence-corrected chi connectivity index (χ2v) is 6.62. The summed E-state index contributed by atoms with van der Waals surface area (Å²) in [7, 11) is 0. The molecule has 2 heterocycles. The summed E-state index contributed by atoms with van der Waals surface area (Å²) in [5.41, 5.74) is -0.176. The van der Waals surface area contributed by atoms with E-state index in [0.717, 1.165) is 19.4 Å². The van der Waals surface area contributed by atoms with Gasteiger partial charge in [0.1, 0.15) is 0 Å². The van der Waals surface area contributed by atoms with Crippen LogP contribution in [0.25, 0.3) is 0 Å². The number of nitrogens with one attached hydrogen (secondary N) is 1. The lowest BCUT2D eigenvalue weighted by Gasteiger charge is -2.38. The third kappa shape index (κ3) is 2.41. The van der Waals surface area contributed by atoms with Gasteiger partial charge in [-0.1, -0.05) is 6.42 Å². The van der Waals surface area contributed by atoms with Crippen molar-refractivity contribution >= 4 is 5.91 Å². The second-order valence-electron chi connectivity index (χ2n) is 6.62. The monoisotopic (exact) mass is 252 g/mol. The van der Waals surface area contributed by atoms with Gasteiger partial charge < -0.3 is 15.0 Å². The van der Waals surface area contributed by atoms with Crippen LogP contribution >= 0.6 is 0 Å². The lowest BCUT2D eigenvalue weighted by atomic mass is 9.87. The van der Waals surface area contributed by atoms with Crippen molar-refractivity contribution < 1.29 is 9.53 Å². The Labute approximate surface area is 109 Å². The molecule has 4 heteroatoms. The van der Waals surface area contributed by atoms with Crippen molar-refractivity contribution in [3.63, 3.8) is 0 Å². The van der Waals surface area contributed by atoms with Gasteiger partial charge in [-0.2, -0.15) is 0 Å². The lowest BCUT2D eigenvalue weighted by Crippen LogP contribution is -2.57. The van der Waals surface area contributed by atoms with Crippen LogP contribution in [-0.4, -0.2) is 49.2 Å². The summed E-state index contributed by atoms with van der Waals surface area (Å²) in [6.45, 7) is 6.63. The lowest BCUT2D eigenvalue weighted by molar-refractivity contribution is -0.158. The summed E-state index contributed by atoms with van der Waals surface area (Å²) in [6.07, 6.45) is 6.29. The van der Waals surface area contributed by atoms with E-state index in [1.807, 2.05) is 6.92 Å². The van der Waals surface area contributed by atoms with Gasteiger partial charge in [-0.3, -0.25) is 4.79 Å². The number of ether oxygens (including phenoxy) is 1. The molecule has 18 heavy (non-hydrogen) atoms. The molecule has 0 aromatic rings. The molecular weight excluding hydrogens is 228 g/mol. The predicted molar refractivity (Wildman–Crippen MR) is 69.3 cm³/mol. The quantitative estimate of drug-likeness (QED) is 0.816. The zero-order chi connectivity index (χ0) is 12.6. The Bertz CT molecular complexity index is 329. The first-order chi connectivity index (χ1) is 8.62. The molecule has 1 aliphatic carbocycles. The zero-order valence-electron chi connectivity index (χ0n) is 11.3. The molecule has 3 fully saturated rings. The molecule has 1 N–H and O–H groups in total. The van der Waals surface area contributed by atoms with Crippen LogP contribution < -0.4 is 5.32 Å². The maximum atomic E-state index is 12.2. The topological polar surface area (TPSA) is 41.6 Å². The Morgan fingerprint density at radius 1 is 1.22 bits per heavy atom. The average molecular weight is 252 g/mol. The fraction of sp³-hybridized carbons (Fsp3) is 0.929. The number of carbonyl (C=O) groups is 1. The van der Waals surface area contributed by atoms with Crippen molar-refractivity contribution in [2.75, 3.05) is 32.8 Å². The van der Waals surface area contributed by atoms with Crippen LogP contribution in [0.4, 0.5) is 0 Å². The van der Waals surface area contributed by atoms with Crippen molar-refractivity contribution in [2.45, 2.75) is 44.6 Å². The molecule has 4 nitrogen and oxygen atoms in total. The summed E-state index contributed by atoms with van der Waals surface area (Å²) >= 11 is 0. The predicted octanol–water partition coefficient (Wildman–Crippen LogP) is 1.16. The van der Waals surface area contributed by atoms with Crippen molar-refractivity contribution in [3.05, 3.63) is 0 Å². The normalized spacial score (nSPS) is 29.4. The van der Waals surface area contributed by atoms with E-state index in [0.29, 0.717) is 13.2 Å². The van der Waals surface area contributed by atoms with Crippen LogP contribution in [0.3, 0.4) is 0 Å². The molecule has 0 unspecified atom stereocenters. The Hall–Kier alpha value is -0.610. The van der Waals surface area contributed by atoms with E-state index in [4.69, 9.17) is 4.74 Å². The number of piperidine rings is 1. The van der Waals surface area contributed by atoms with Crippen LogP contribution in [0.5, 0.6) is 0 Å². The molecule has 0 atom stereocenters. The van der Waals surface area contributed by atoms with Gasteiger partial charge in [0.15, 0.2) is 0 Å². The SMILES string of the molecule is CC1(C(=O)NC2(CN3CCCCC3)CC2)COC1. The number of amides is 1. The third-order valence-electron chi connectivity index (χ3n) is 4.60. The van der Waals surface area contributed by atoms with Gasteiger partial charge in [-0.05, 0) is 45.7 Å². The standard InChI is InChI=1S/C14H24N2O2/c1-13(10-18-11-13)12(17)15-14(5-6-14)9-16-7-3-2-4-8-16/h2-11H2,1H3,(H,15,17). The first-order valence-corrected chi connectivity index (χ1v) is 7.25. The van der Waals surface area contributed by atoms with Crippen molar-refractivity contribution in [3.8, 4) is 0 Å². The van der Waals surface area contributed by atoms with Gasteiger partial charge >= 0.3 is 0 Å². The smallest absolute Gasteiger partial charge is 0.231 e. The van der Waals surface area contributed by atoms with Crippen LogP contribution in [0.2, 0.25) is 0 Å². The van der Waals surface area contributed by atoms with E-state index >= 15 is 0 Å². The molecular formula is C14H24N2O2. The number of carbonyl (C=O) groups excluding carboxylic acids is 1. The summed E-state index contributed by atoms with van der Waals surface area (Å²) in [5, 5.41) is 3.30. The Balaban J connectivity index is 1.53. The van der Waals surface area contributed by atoms with Crippen molar-refractivity contribution in [2.24, 2.45) is 5.41 Å². The van der Waals surface area contributed by atoms with Crippen molar-refractivity contribution in [1.82, 2.24) is 10.2 Å². The molecule has 0 bridgehead atoms. The third-order valence-corrected chi connectivity index (χ3v) is 4.60. The van der Waals surface area contributed by atoms with Crippen LogP contribution in [0.15, 0.2) is 0 Å². The molecule has 1 saturated carbocycles. The molecule has 3 rings (SSSR count). The minimum atomic E-state index is -0.266. The fourth-order valence-corrected chi connectivity index (χ4v) is 2.95. The van der Waals surface area contributed by atoms with E-state index in [1.165, 1.54) is 32.4 Å². The molecule has 102 valence electrons. The second kappa shape index (κ2) is 4.49. The average Bonchev–Trinajstić information content (AvgIpc) is 3.06. The first kappa shape index (κ1) is 12.4. The number of nitrogens with zero attached hydrogens (tertiary/aromatic N) is 1. The van der Waals surface area contributed by atoms with Gasteiger partial charge in [0.05, 0.1) is 24.2 Å². The van der Waals surface area contributed by atoms with Crippen LogP contribution in [0, 0.1) is 5.41 Å². The van der Waals surface area contributed by atoms with E-state index in [9.17, 15) is 4.79 Å². The maximum absolute atomic E-state index is 12.2.